The number of aromatic nitrogens is 1. The van der Waals surface area contributed by atoms with Crippen molar-refractivity contribution in [1.29, 1.82) is 0 Å². The minimum atomic E-state index is -0.0225. The summed E-state index contributed by atoms with van der Waals surface area (Å²) in [4.78, 5) is 15.3. The number of phenolic OH excluding ortho intramolecular Hbond substituents is 1. The molecule has 0 unspecified atom stereocenters. The molecule has 2 N–H and O–H groups in total. The summed E-state index contributed by atoms with van der Waals surface area (Å²) in [6, 6.07) is 22.7. The smallest absolute Gasteiger partial charge is 0.203 e. The van der Waals surface area contributed by atoms with Crippen LogP contribution in [0, 0.1) is 0 Å². The SMILES string of the molecule is O=Cc1ccc(-c2ccc(C=NNc3nc(-c4ccccc4)cs3)cc2)cc1O. The quantitative estimate of drug-likeness (QED) is 0.257. The Labute approximate surface area is 172 Å². The van der Waals surface area contributed by atoms with Crippen LogP contribution in [0.4, 0.5) is 5.13 Å². The van der Waals surface area contributed by atoms with Gasteiger partial charge in [-0.1, -0.05) is 60.7 Å². The average Bonchev–Trinajstić information content (AvgIpc) is 3.24. The van der Waals surface area contributed by atoms with Crippen molar-refractivity contribution in [3.63, 3.8) is 0 Å². The molecule has 142 valence electrons. The predicted molar refractivity (Wildman–Crippen MR) is 118 cm³/mol. The molecule has 0 saturated carbocycles. The van der Waals surface area contributed by atoms with E-state index in [1.807, 2.05) is 60.0 Å². The van der Waals surface area contributed by atoms with Gasteiger partial charge < -0.3 is 5.11 Å². The number of nitrogens with zero attached hydrogens (tertiary/aromatic N) is 2. The summed E-state index contributed by atoms with van der Waals surface area (Å²) in [7, 11) is 0. The largest absolute Gasteiger partial charge is 0.507 e. The summed E-state index contributed by atoms with van der Waals surface area (Å²) in [5.74, 6) is -0.0225. The summed E-state index contributed by atoms with van der Waals surface area (Å²) in [6.45, 7) is 0. The molecule has 1 aromatic heterocycles. The van der Waals surface area contributed by atoms with Crippen molar-refractivity contribution in [3.8, 4) is 28.1 Å². The van der Waals surface area contributed by atoms with Crippen molar-refractivity contribution in [3.05, 3.63) is 89.3 Å². The second-order valence-corrected chi connectivity index (χ2v) is 7.15. The summed E-state index contributed by atoms with van der Waals surface area (Å²) < 4.78 is 0. The minimum Gasteiger partial charge on any atom is -0.507 e. The van der Waals surface area contributed by atoms with Crippen LogP contribution in [-0.4, -0.2) is 22.6 Å². The van der Waals surface area contributed by atoms with Crippen molar-refractivity contribution in [2.75, 3.05) is 5.43 Å². The zero-order valence-electron chi connectivity index (χ0n) is 15.3. The zero-order valence-corrected chi connectivity index (χ0v) is 16.1. The Morgan fingerprint density at radius 3 is 2.41 bits per heavy atom. The molecule has 6 heteroatoms. The van der Waals surface area contributed by atoms with Gasteiger partial charge in [-0.05, 0) is 28.8 Å². The Hall–Kier alpha value is -3.77. The highest BCUT2D eigenvalue weighted by atomic mass is 32.1. The summed E-state index contributed by atoms with van der Waals surface area (Å²) in [5, 5.41) is 16.8. The first-order chi connectivity index (χ1) is 14.2. The van der Waals surface area contributed by atoms with Gasteiger partial charge in [0, 0.05) is 10.9 Å². The van der Waals surface area contributed by atoms with E-state index in [4.69, 9.17) is 0 Å². The Morgan fingerprint density at radius 1 is 0.931 bits per heavy atom. The molecule has 0 fully saturated rings. The van der Waals surface area contributed by atoms with E-state index in [1.165, 1.54) is 11.3 Å². The van der Waals surface area contributed by atoms with E-state index >= 15 is 0 Å². The standard InChI is InChI=1S/C23H17N3O2S/c27-14-20-11-10-19(12-22(20)28)17-8-6-16(7-9-17)13-24-26-23-25-21(15-29-23)18-4-2-1-3-5-18/h1-15,28H,(H,25,26). The molecular formula is C23H17N3O2S. The molecule has 4 aromatic rings. The van der Waals surface area contributed by atoms with Crippen LogP contribution in [0.2, 0.25) is 0 Å². The number of nitrogens with one attached hydrogen (secondary N) is 1. The molecule has 29 heavy (non-hydrogen) atoms. The highest BCUT2D eigenvalue weighted by Gasteiger charge is 2.04. The fourth-order valence-electron chi connectivity index (χ4n) is 2.81. The molecule has 0 saturated heterocycles. The summed E-state index contributed by atoms with van der Waals surface area (Å²) >= 11 is 1.50. The van der Waals surface area contributed by atoms with E-state index in [0.717, 1.165) is 33.1 Å². The highest BCUT2D eigenvalue weighted by Crippen LogP contribution is 2.26. The Bertz CT molecular complexity index is 1150. The van der Waals surface area contributed by atoms with Gasteiger partial charge in [-0.15, -0.1) is 11.3 Å². The maximum atomic E-state index is 10.8. The predicted octanol–water partition coefficient (Wildman–Crippen LogP) is 5.44. The van der Waals surface area contributed by atoms with E-state index in [0.29, 0.717) is 6.29 Å². The molecule has 0 atom stereocenters. The number of aromatic hydroxyl groups is 1. The molecule has 0 spiro atoms. The van der Waals surface area contributed by atoms with Crippen LogP contribution < -0.4 is 5.43 Å². The highest BCUT2D eigenvalue weighted by molar-refractivity contribution is 7.14. The van der Waals surface area contributed by atoms with Gasteiger partial charge in [-0.2, -0.15) is 5.10 Å². The lowest BCUT2D eigenvalue weighted by Crippen LogP contribution is -1.90. The summed E-state index contributed by atoms with van der Waals surface area (Å²) in [5.41, 5.74) is 7.93. The lowest BCUT2D eigenvalue weighted by Gasteiger charge is -2.04. The van der Waals surface area contributed by atoms with Crippen LogP contribution in [-0.2, 0) is 0 Å². The first-order valence-electron chi connectivity index (χ1n) is 8.91. The van der Waals surface area contributed by atoms with E-state index in [2.05, 4.69) is 15.5 Å². The Balaban J connectivity index is 1.41. The van der Waals surface area contributed by atoms with Gasteiger partial charge in [0.05, 0.1) is 17.5 Å². The van der Waals surface area contributed by atoms with Gasteiger partial charge in [-0.3, -0.25) is 10.2 Å². The molecular weight excluding hydrogens is 382 g/mol. The molecule has 0 aliphatic carbocycles. The van der Waals surface area contributed by atoms with Crippen molar-refractivity contribution in [2.24, 2.45) is 5.10 Å². The maximum Gasteiger partial charge on any atom is 0.203 e. The number of anilines is 1. The van der Waals surface area contributed by atoms with Crippen LogP contribution in [0.1, 0.15) is 15.9 Å². The van der Waals surface area contributed by atoms with Crippen LogP contribution in [0.5, 0.6) is 5.75 Å². The molecule has 1 heterocycles. The second kappa shape index (κ2) is 8.50. The number of hydrogen-bond acceptors (Lipinski definition) is 6. The third-order valence-corrected chi connectivity index (χ3v) is 5.10. The van der Waals surface area contributed by atoms with Gasteiger partial charge in [0.15, 0.2) is 6.29 Å². The van der Waals surface area contributed by atoms with Crippen LogP contribution >= 0.6 is 11.3 Å². The third-order valence-electron chi connectivity index (χ3n) is 4.35. The Kier molecular flexibility index (Phi) is 5.45. The fraction of sp³-hybridized carbons (Fsp3) is 0. The number of rotatable bonds is 6. The molecule has 3 aromatic carbocycles. The molecule has 0 bridgehead atoms. The topological polar surface area (TPSA) is 74.6 Å². The number of carbonyl (C=O) groups excluding carboxylic acids is 1. The Morgan fingerprint density at radius 2 is 1.69 bits per heavy atom. The van der Waals surface area contributed by atoms with Crippen LogP contribution in [0.15, 0.2) is 83.3 Å². The first-order valence-corrected chi connectivity index (χ1v) is 9.79. The monoisotopic (exact) mass is 399 g/mol. The van der Waals surface area contributed by atoms with Gasteiger partial charge in [0.2, 0.25) is 5.13 Å². The normalized spacial score (nSPS) is 10.9. The first kappa shape index (κ1) is 18.6. The maximum absolute atomic E-state index is 10.8. The lowest BCUT2D eigenvalue weighted by molar-refractivity contribution is 0.112. The molecule has 5 nitrogen and oxygen atoms in total. The van der Waals surface area contributed by atoms with E-state index in [-0.39, 0.29) is 11.3 Å². The van der Waals surface area contributed by atoms with E-state index in [1.54, 1.807) is 24.4 Å². The number of benzene rings is 3. The number of hydrazone groups is 1. The molecule has 0 aliphatic heterocycles. The summed E-state index contributed by atoms with van der Waals surface area (Å²) in [6.07, 6.45) is 2.36. The molecule has 0 radical (unpaired) electrons. The number of aldehydes is 1. The molecule has 0 amide bonds. The zero-order chi connectivity index (χ0) is 20.1. The number of hydrogen-bond donors (Lipinski definition) is 2. The van der Waals surface area contributed by atoms with Crippen LogP contribution in [0.3, 0.4) is 0 Å². The minimum absolute atomic E-state index is 0.0225. The van der Waals surface area contributed by atoms with Gasteiger partial charge in [-0.25, -0.2) is 4.98 Å². The third kappa shape index (κ3) is 4.39. The van der Waals surface area contributed by atoms with Gasteiger partial charge in [0.1, 0.15) is 5.75 Å². The fourth-order valence-corrected chi connectivity index (χ4v) is 3.48. The number of phenols is 1. The van der Waals surface area contributed by atoms with Crippen LogP contribution in [0.25, 0.3) is 22.4 Å². The van der Waals surface area contributed by atoms with Crippen molar-refractivity contribution < 1.29 is 9.90 Å². The molecule has 4 rings (SSSR count). The average molecular weight is 399 g/mol. The molecule has 0 aliphatic rings. The van der Waals surface area contributed by atoms with Crippen molar-refractivity contribution in [2.45, 2.75) is 0 Å². The van der Waals surface area contributed by atoms with E-state index < -0.39 is 0 Å². The number of thiazole rings is 1. The van der Waals surface area contributed by atoms with Gasteiger partial charge in [0.25, 0.3) is 0 Å². The lowest BCUT2D eigenvalue weighted by atomic mass is 10.0. The second-order valence-electron chi connectivity index (χ2n) is 6.29. The number of carbonyl (C=O) groups is 1. The van der Waals surface area contributed by atoms with Gasteiger partial charge >= 0.3 is 0 Å². The van der Waals surface area contributed by atoms with E-state index in [9.17, 15) is 9.90 Å². The van der Waals surface area contributed by atoms with Crippen molar-refractivity contribution in [1.82, 2.24) is 4.98 Å². The van der Waals surface area contributed by atoms with Crippen molar-refractivity contribution >= 4 is 29.0 Å².